The fourth-order valence-electron chi connectivity index (χ4n) is 4.05. The summed E-state index contributed by atoms with van der Waals surface area (Å²) in [5, 5.41) is 3.89. The Morgan fingerprint density at radius 1 is 1.11 bits per heavy atom. The van der Waals surface area contributed by atoms with E-state index in [2.05, 4.69) is 46.9 Å². The molecule has 0 amide bonds. The lowest BCUT2D eigenvalue weighted by Crippen LogP contribution is -2.66. The molecular formula is C16H31NO. The standard InChI is InChI=1S/C16H31NO/c1-12(2)13-15(5,6)11-18-16(17-13)9-7-8-14(3,4)10-16/h12-13,17H,7-11H2,1-6H3. The Balaban J connectivity index is 2.17. The summed E-state index contributed by atoms with van der Waals surface area (Å²) >= 11 is 0. The highest BCUT2D eigenvalue weighted by molar-refractivity contribution is 5.00. The van der Waals surface area contributed by atoms with Crippen molar-refractivity contribution in [3.8, 4) is 0 Å². The summed E-state index contributed by atoms with van der Waals surface area (Å²) in [6, 6.07) is 0.556. The highest BCUT2D eigenvalue weighted by atomic mass is 16.5. The minimum Gasteiger partial charge on any atom is -0.360 e. The molecule has 0 aromatic carbocycles. The Bertz CT molecular complexity index is 308. The number of nitrogens with one attached hydrogen (secondary N) is 1. The topological polar surface area (TPSA) is 21.3 Å². The van der Waals surface area contributed by atoms with Crippen LogP contribution in [0.15, 0.2) is 0 Å². The molecule has 0 aromatic rings. The maximum Gasteiger partial charge on any atom is 0.120 e. The van der Waals surface area contributed by atoms with Crippen molar-refractivity contribution in [2.45, 2.75) is 79.0 Å². The first-order chi connectivity index (χ1) is 8.16. The third-order valence-electron chi connectivity index (χ3n) is 4.85. The monoisotopic (exact) mass is 253 g/mol. The van der Waals surface area contributed by atoms with Crippen LogP contribution in [-0.2, 0) is 4.74 Å². The van der Waals surface area contributed by atoms with Gasteiger partial charge >= 0.3 is 0 Å². The van der Waals surface area contributed by atoms with Gasteiger partial charge in [0.2, 0.25) is 0 Å². The second-order valence-corrected chi connectivity index (χ2v) is 8.33. The largest absolute Gasteiger partial charge is 0.360 e. The Morgan fingerprint density at radius 2 is 1.78 bits per heavy atom. The maximum absolute atomic E-state index is 6.33. The lowest BCUT2D eigenvalue weighted by Gasteiger charge is -2.55. The molecule has 1 spiro atoms. The SMILES string of the molecule is CC(C)C1NC2(CCCC(C)(C)C2)OCC1(C)C. The predicted molar refractivity (Wildman–Crippen MR) is 76.5 cm³/mol. The Kier molecular flexibility index (Phi) is 3.57. The molecule has 106 valence electrons. The minimum atomic E-state index is -0.0494. The van der Waals surface area contributed by atoms with Crippen LogP contribution in [-0.4, -0.2) is 18.4 Å². The summed E-state index contributed by atoms with van der Waals surface area (Å²) in [5.74, 6) is 0.658. The van der Waals surface area contributed by atoms with Crippen LogP contribution in [0.1, 0.15) is 67.2 Å². The third-order valence-corrected chi connectivity index (χ3v) is 4.85. The first kappa shape index (κ1) is 14.3. The van der Waals surface area contributed by atoms with Gasteiger partial charge in [-0.15, -0.1) is 0 Å². The lowest BCUT2D eigenvalue weighted by molar-refractivity contribution is -0.194. The lowest BCUT2D eigenvalue weighted by atomic mass is 9.70. The van der Waals surface area contributed by atoms with Crippen LogP contribution in [0.5, 0.6) is 0 Å². The first-order valence-corrected chi connectivity index (χ1v) is 7.58. The molecule has 1 N–H and O–H groups in total. The smallest absolute Gasteiger partial charge is 0.120 e. The van der Waals surface area contributed by atoms with Crippen LogP contribution in [0.2, 0.25) is 0 Å². The molecule has 1 aliphatic heterocycles. The summed E-state index contributed by atoms with van der Waals surface area (Å²) in [5.41, 5.74) is 0.599. The number of hydrogen-bond donors (Lipinski definition) is 1. The Labute approximate surface area is 113 Å². The van der Waals surface area contributed by atoms with E-state index in [0.29, 0.717) is 17.4 Å². The predicted octanol–water partition coefficient (Wildman–Crippen LogP) is 3.95. The molecule has 0 bridgehead atoms. The second kappa shape index (κ2) is 4.49. The van der Waals surface area contributed by atoms with Gasteiger partial charge in [0.05, 0.1) is 6.61 Å². The Morgan fingerprint density at radius 3 is 2.33 bits per heavy atom. The molecule has 1 heterocycles. The van der Waals surface area contributed by atoms with Gasteiger partial charge in [0.25, 0.3) is 0 Å². The fraction of sp³-hybridized carbons (Fsp3) is 1.00. The molecule has 1 saturated heterocycles. The summed E-state index contributed by atoms with van der Waals surface area (Å²) in [6.45, 7) is 14.9. The van der Waals surface area contributed by atoms with Crippen molar-refractivity contribution >= 4 is 0 Å². The average molecular weight is 253 g/mol. The summed E-state index contributed by atoms with van der Waals surface area (Å²) in [4.78, 5) is 0. The summed E-state index contributed by atoms with van der Waals surface area (Å²) in [7, 11) is 0. The molecule has 2 aliphatic rings. The molecule has 2 fully saturated rings. The van der Waals surface area contributed by atoms with E-state index in [4.69, 9.17) is 4.74 Å². The van der Waals surface area contributed by atoms with Crippen LogP contribution in [0, 0.1) is 16.7 Å². The van der Waals surface area contributed by atoms with Gasteiger partial charge in [-0.05, 0) is 37.0 Å². The van der Waals surface area contributed by atoms with Gasteiger partial charge in [-0.25, -0.2) is 0 Å². The first-order valence-electron chi connectivity index (χ1n) is 7.58. The van der Waals surface area contributed by atoms with Crippen molar-refractivity contribution in [3.63, 3.8) is 0 Å². The van der Waals surface area contributed by atoms with Crippen LogP contribution in [0.3, 0.4) is 0 Å². The van der Waals surface area contributed by atoms with Crippen LogP contribution in [0.25, 0.3) is 0 Å². The van der Waals surface area contributed by atoms with E-state index in [1.54, 1.807) is 0 Å². The molecule has 2 unspecified atom stereocenters. The van der Waals surface area contributed by atoms with E-state index < -0.39 is 0 Å². The van der Waals surface area contributed by atoms with Crippen molar-refractivity contribution in [2.24, 2.45) is 16.7 Å². The summed E-state index contributed by atoms with van der Waals surface area (Å²) < 4.78 is 6.33. The van der Waals surface area contributed by atoms with Gasteiger partial charge in [0, 0.05) is 11.5 Å². The van der Waals surface area contributed by atoms with Crippen molar-refractivity contribution in [1.29, 1.82) is 0 Å². The maximum atomic E-state index is 6.33. The highest BCUT2D eigenvalue weighted by Gasteiger charge is 2.49. The van der Waals surface area contributed by atoms with E-state index in [0.717, 1.165) is 13.0 Å². The molecule has 2 heteroatoms. The molecule has 2 atom stereocenters. The van der Waals surface area contributed by atoms with Crippen molar-refractivity contribution in [3.05, 3.63) is 0 Å². The van der Waals surface area contributed by atoms with E-state index in [1.165, 1.54) is 19.3 Å². The summed E-state index contributed by atoms with van der Waals surface area (Å²) in [6.07, 6.45) is 4.94. The Hall–Kier alpha value is -0.0800. The molecular weight excluding hydrogens is 222 g/mol. The second-order valence-electron chi connectivity index (χ2n) is 8.33. The molecule has 1 saturated carbocycles. The zero-order chi connectivity index (χ0) is 13.6. The van der Waals surface area contributed by atoms with Gasteiger partial charge in [0.15, 0.2) is 0 Å². The van der Waals surface area contributed by atoms with Crippen LogP contribution in [0.4, 0.5) is 0 Å². The van der Waals surface area contributed by atoms with Gasteiger partial charge in [-0.1, -0.05) is 41.5 Å². The number of rotatable bonds is 1. The quantitative estimate of drug-likeness (QED) is 0.764. The van der Waals surface area contributed by atoms with Crippen molar-refractivity contribution < 1.29 is 4.74 Å². The van der Waals surface area contributed by atoms with Gasteiger partial charge < -0.3 is 4.74 Å². The van der Waals surface area contributed by atoms with Crippen LogP contribution >= 0.6 is 0 Å². The zero-order valence-electron chi connectivity index (χ0n) is 13.1. The number of hydrogen-bond acceptors (Lipinski definition) is 2. The van der Waals surface area contributed by atoms with Crippen molar-refractivity contribution in [2.75, 3.05) is 6.61 Å². The molecule has 0 radical (unpaired) electrons. The molecule has 2 rings (SSSR count). The van der Waals surface area contributed by atoms with Crippen molar-refractivity contribution in [1.82, 2.24) is 5.32 Å². The molecule has 0 aromatic heterocycles. The van der Waals surface area contributed by atoms with Gasteiger partial charge in [0.1, 0.15) is 5.72 Å². The fourth-order valence-corrected chi connectivity index (χ4v) is 4.05. The van der Waals surface area contributed by atoms with E-state index in [9.17, 15) is 0 Å². The normalized spacial score (nSPS) is 39.2. The van der Waals surface area contributed by atoms with E-state index in [-0.39, 0.29) is 11.1 Å². The number of ether oxygens (including phenoxy) is 1. The highest BCUT2D eigenvalue weighted by Crippen LogP contribution is 2.46. The van der Waals surface area contributed by atoms with Gasteiger partial charge in [-0.3, -0.25) is 5.32 Å². The molecule has 2 nitrogen and oxygen atoms in total. The zero-order valence-corrected chi connectivity index (χ0v) is 13.1. The van der Waals surface area contributed by atoms with Crippen LogP contribution < -0.4 is 5.32 Å². The molecule has 18 heavy (non-hydrogen) atoms. The average Bonchev–Trinajstić information content (AvgIpc) is 2.20. The third kappa shape index (κ3) is 2.75. The van der Waals surface area contributed by atoms with E-state index in [1.807, 2.05) is 0 Å². The van der Waals surface area contributed by atoms with Gasteiger partial charge in [-0.2, -0.15) is 0 Å². The van der Waals surface area contributed by atoms with E-state index >= 15 is 0 Å². The minimum absolute atomic E-state index is 0.0494. The molecule has 1 aliphatic carbocycles.